The lowest BCUT2D eigenvalue weighted by Crippen LogP contribution is -2.42. The summed E-state index contributed by atoms with van der Waals surface area (Å²) in [5.41, 5.74) is -1.21. The number of carbonyl (C=O) groups excluding carboxylic acids is 1. The summed E-state index contributed by atoms with van der Waals surface area (Å²) in [5, 5.41) is 13.1. The second kappa shape index (κ2) is 9.27. The first-order valence-electron chi connectivity index (χ1n) is 9.72. The molecule has 0 aliphatic carbocycles. The zero-order valence-corrected chi connectivity index (χ0v) is 19.0. The van der Waals surface area contributed by atoms with Crippen molar-refractivity contribution in [2.24, 2.45) is 0 Å². The van der Waals surface area contributed by atoms with Crippen molar-refractivity contribution in [2.75, 3.05) is 0 Å². The molecule has 1 heterocycles. The molecule has 3 rings (SSSR count). The Hall–Kier alpha value is -2.60. The van der Waals surface area contributed by atoms with Gasteiger partial charge in [-0.05, 0) is 62.2 Å². The minimum atomic E-state index is -1.76. The number of halogens is 2. The summed E-state index contributed by atoms with van der Waals surface area (Å²) in [6, 6.07) is 12.7. The van der Waals surface area contributed by atoms with E-state index < -0.39 is 23.2 Å². The van der Waals surface area contributed by atoms with Gasteiger partial charge in [0.15, 0.2) is 6.04 Å². The Morgan fingerprint density at radius 2 is 1.65 bits per heavy atom. The first-order chi connectivity index (χ1) is 14.6. The summed E-state index contributed by atoms with van der Waals surface area (Å²) in [4.78, 5) is 17.3. The van der Waals surface area contributed by atoms with Gasteiger partial charge in [-0.3, -0.25) is 0 Å². The van der Waals surface area contributed by atoms with Crippen molar-refractivity contribution in [3.63, 3.8) is 0 Å². The molecule has 0 aliphatic rings. The van der Waals surface area contributed by atoms with E-state index in [0.717, 1.165) is 5.56 Å². The van der Waals surface area contributed by atoms with E-state index in [0.29, 0.717) is 15.6 Å². The van der Waals surface area contributed by atoms with E-state index in [1.54, 1.807) is 81.7 Å². The van der Waals surface area contributed by atoms with E-state index in [1.807, 2.05) is 12.1 Å². The van der Waals surface area contributed by atoms with Gasteiger partial charge in [0.05, 0.1) is 6.33 Å². The molecule has 0 spiro atoms. The SMILES string of the molecule is CC(C)(C)OC(=O)C(n1ccnc1)C(O)(C=Cc1ccc(Cl)cc1)c1ccc(Cl)cc1. The largest absolute Gasteiger partial charge is 0.458 e. The third-order valence-electron chi connectivity index (χ3n) is 4.58. The number of aromatic nitrogens is 2. The zero-order valence-electron chi connectivity index (χ0n) is 17.5. The van der Waals surface area contributed by atoms with Crippen LogP contribution in [0.5, 0.6) is 0 Å². The van der Waals surface area contributed by atoms with E-state index in [1.165, 1.54) is 10.9 Å². The molecule has 0 amide bonds. The number of aliphatic hydroxyl groups is 1. The molecule has 1 N–H and O–H groups in total. The first kappa shape index (κ1) is 23.1. The van der Waals surface area contributed by atoms with Crippen LogP contribution in [0.2, 0.25) is 10.0 Å². The fraction of sp³-hybridized carbons (Fsp3) is 0.250. The minimum Gasteiger partial charge on any atom is -0.458 e. The Balaban J connectivity index is 2.14. The second-order valence-corrected chi connectivity index (χ2v) is 9.04. The number of hydrogen-bond donors (Lipinski definition) is 1. The summed E-state index contributed by atoms with van der Waals surface area (Å²) >= 11 is 12.0. The Labute approximate surface area is 191 Å². The highest BCUT2D eigenvalue weighted by molar-refractivity contribution is 6.30. The molecule has 3 aromatic rings. The molecule has 0 fully saturated rings. The number of esters is 1. The van der Waals surface area contributed by atoms with Gasteiger partial charge < -0.3 is 14.4 Å². The van der Waals surface area contributed by atoms with Crippen LogP contribution in [0.25, 0.3) is 6.08 Å². The minimum absolute atomic E-state index is 0.478. The normalized spacial score (nSPS) is 14.9. The zero-order chi connectivity index (χ0) is 22.6. The Kier molecular flexibility index (Phi) is 6.90. The smallest absolute Gasteiger partial charge is 0.333 e. The van der Waals surface area contributed by atoms with Gasteiger partial charge in [-0.1, -0.05) is 53.5 Å². The topological polar surface area (TPSA) is 64.4 Å². The second-order valence-electron chi connectivity index (χ2n) is 8.16. The van der Waals surface area contributed by atoms with Crippen molar-refractivity contribution in [2.45, 2.75) is 38.0 Å². The summed E-state index contributed by atoms with van der Waals surface area (Å²) in [6.07, 6.45) is 7.95. The molecular weight excluding hydrogens is 435 g/mol. The monoisotopic (exact) mass is 458 g/mol. The van der Waals surface area contributed by atoms with Crippen molar-refractivity contribution in [1.29, 1.82) is 0 Å². The molecule has 2 aromatic carbocycles. The number of nitrogens with zero attached hydrogens (tertiary/aromatic N) is 2. The van der Waals surface area contributed by atoms with Gasteiger partial charge in [0.2, 0.25) is 0 Å². The average molecular weight is 459 g/mol. The third kappa shape index (κ3) is 5.76. The van der Waals surface area contributed by atoms with Crippen molar-refractivity contribution < 1.29 is 14.6 Å². The number of hydrogen-bond acceptors (Lipinski definition) is 4. The van der Waals surface area contributed by atoms with E-state index in [2.05, 4.69) is 4.98 Å². The number of carbonyl (C=O) groups is 1. The summed E-state index contributed by atoms with van der Waals surface area (Å²) < 4.78 is 7.19. The Morgan fingerprint density at radius 1 is 1.06 bits per heavy atom. The molecule has 0 saturated carbocycles. The van der Waals surface area contributed by atoms with Crippen LogP contribution in [0, 0.1) is 0 Å². The molecule has 5 nitrogen and oxygen atoms in total. The number of ether oxygens (including phenoxy) is 1. The lowest BCUT2D eigenvalue weighted by Gasteiger charge is -2.35. The third-order valence-corrected chi connectivity index (χ3v) is 5.08. The highest BCUT2D eigenvalue weighted by atomic mass is 35.5. The van der Waals surface area contributed by atoms with E-state index in [4.69, 9.17) is 27.9 Å². The van der Waals surface area contributed by atoms with Crippen LogP contribution in [-0.4, -0.2) is 26.2 Å². The standard InChI is InChI=1S/C24H24Cl2N2O3/c1-23(2,3)31-22(29)21(28-15-14-27-16-28)24(30,18-6-10-20(26)11-7-18)13-12-17-4-8-19(25)9-5-17/h4-16,21,30H,1-3H3. The molecule has 7 heteroatoms. The predicted molar refractivity (Wildman–Crippen MR) is 123 cm³/mol. The van der Waals surface area contributed by atoms with Crippen LogP contribution < -0.4 is 0 Å². The van der Waals surface area contributed by atoms with Crippen molar-refractivity contribution in [3.05, 3.63) is 94.5 Å². The fourth-order valence-corrected chi connectivity index (χ4v) is 3.42. The molecule has 2 unspecified atom stereocenters. The lowest BCUT2D eigenvalue weighted by molar-refractivity contribution is -0.166. The van der Waals surface area contributed by atoms with Crippen molar-refractivity contribution in [3.8, 4) is 0 Å². The molecule has 0 radical (unpaired) electrons. The van der Waals surface area contributed by atoms with E-state index in [9.17, 15) is 9.90 Å². The number of rotatable bonds is 6. The molecule has 1 aromatic heterocycles. The van der Waals surface area contributed by atoms with Crippen molar-refractivity contribution in [1.82, 2.24) is 9.55 Å². The van der Waals surface area contributed by atoms with Gasteiger partial charge in [-0.25, -0.2) is 9.78 Å². The summed E-state index contributed by atoms with van der Waals surface area (Å²) in [6.45, 7) is 5.34. The molecule has 2 atom stereocenters. The molecule has 0 bridgehead atoms. The first-order valence-corrected chi connectivity index (χ1v) is 10.5. The van der Waals surface area contributed by atoms with Crippen LogP contribution in [0.4, 0.5) is 0 Å². The molecule has 162 valence electrons. The van der Waals surface area contributed by atoms with Gasteiger partial charge in [-0.15, -0.1) is 0 Å². The van der Waals surface area contributed by atoms with Crippen molar-refractivity contribution >= 4 is 35.2 Å². The Bertz CT molecular complexity index is 1040. The molecule has 31 heavy (non-hydrogen) atoms. The maximum atomic E-state index is 13.3. The van der Waals surface area contributed by atoms with Crippen LogP contribution in [0.15, 0.2) is 73.3 Å². The van der Waals surface area contributed by atoms with Crippen LogP contribution in [0.1, 0.15) is 37.9 Å². The highest BCUT2D eigenvalue weighted by Crippen LogP contribution is 2.38. The summed E-state index contributed by atoms with van der Waals surface area (Å²) in [7, 11) is 0. The summed E-state index contributed by atoms with van der Waals surface area (Å²) in [5.74, 6) is -0.594. The van der Waals surface area contributed by atoms with E-state index in [-0.39, 0.29) is 0 Å². The Morgan fingerprint density at radius 3 is 2.16 bits per heavy atom. The maximum Gasteiger partial charge on any atom is 0.333 e. The number of imidazole rings is 1. The van der Waals surface area contributed by atoms with E-state index >= 15 is 0 Å². The number of benzene rings is 2. The van der Waals surface area contributed by atoms with Gasteiger partial charge >= 0.3 is 5.97 Å². The van der Waals surface area contributed by atoms with Gasteiger partial charge in [0.1, 0.15) is 11.2 Å². The fourth-order valence-electron chi connectivity index (χ4n) is 3.17. The van der Waals surface area contributed by atoms with Crippen LogP contribution in [0.3, 0.4) is 0 Å². The average Bonchev–Trinajstić information content (AvgIpc) is 3.21. The molecular formula is C24H24Cl2N2O3. The van der Waals surface area contributed by atoms with Gasteiger partial charge in [0, 0.05) is 22.4 Å². The molecule has 0 aliphatic heterocycles. The van der Waals surface area contributed by atoms with Gasteiger partial charge in [0.25, 0.3) is 0 Å². The van der Waals surface area contributed by atoms with Crippen LogP contribution >= 0.6 is 23.2 Å². The van der Waals surface area contributed by atoms with Gasteiger partial charge in [-0.2, -0.15) is 0 Å². The van der Waals surface area contributed by atoms with Crippen LogP contribution in [-0.2, 0) is 15.1 Å². The maximum absolute atomic E-state index is 13.3. The predicted octanol–water partition coefficient (Wildman–Crippen LogP) is 5.67. The lowest BCUT2D eigenvalue weighted by atomic mass is 9.85. The highest BCUT2D eigenvalue weighted by Gasteiger charge is 2.44. The molecule has 0 saturated heterocycles. The quantitative estimate of drug-likeness (QED) is 0.482.